The van der Waals surface area contributed by atoms with Crippen LogP contribution in [0.1, 0.15) is 31.0 Å². The molecule has 3 aromatic rings. The van der Waals surface area contributed by atoms with Crippen LogP contribution in [0.5, 0.6) is 0 Å². The number of rotatable bonds is 6. The lowest BCUT2D eigenvalue weighted by molar-refractivity contribution is -0.0851. The molecule has 1 fully saturated rings. The van der Waals surface area contributed by atoms with E-state index in [1.54, 1.807) is 13.3 Å². The van der Waals surface area contributed by atoms with Crippen molar-refractivity contribution in [2.45, 2.75) is 35.8 Å². The molecule has 2 aromatic heterocycles. The van der Waals surface area contributed by atoms with Crippen molar-refractivity contribution in [1.29, 1.82) is 0 Å². The molecule has 1 aliphatic carbocycles. The van der Waals surface area contributed by atoms with Crippen LogP contribution in [0.15, 0.2) is 40.0 Å². The van der Waals surface area contributed by atoms with E-state index >= 15 is 0 Å². The van der Waals surface area contributed by atoms with Crippen LogP contribution in [0.25, 0.3) is 11.3 Å². The Labute approximate surface area is 165 Å². The molecule has 4 rings (SSSR count). The zero-order valence-corrected chi connectivity index (χ0v) is 16.3. The van der Waals surface area contributed by atoms with Gasteiger partial charge in [0.2, 0.25) is 11.8 Å². The van der Waals surface area contributed by atoms with Gasteiger partial charge >= 0.3 is 0 Å². The number of methoxy groups -OCH3 is 1. The van der Waals surface area contributed by atoms with Crippen LogP contribution < -0.4 is 5.73 Å². The maximum atomic E-state index is 6.03. The molecule has 2 N–H and O–H groups in total. The first-order chi connectivity index (χ1) is 13.1. The Hall–Kier alpha value is -2.16. The van der Waals surface area contributed by atoms with Crippen LogP contribution in [-0.2, 0) is 16.1 Å². The summed E-state index contributed by atoms with van der Waals surface area (Å²) >= 11 is 7.42. The van der Waals surface area contributed by atoms with Gasteiger partial charge in [-0.25, -0.2) is 9.97 Å². The molecule has 2 heterocycles. The van der Waals surface area contributed by atoms with Crippen LogP contribution in [0.3, 0.4) is 0 Å². The number of benzene rings is 1. The van der Waals surface area contributed by atoms with Crippen LogP contribution in [-0.4, -0.2) is 27.0 Å². The molecule has 7 nitrogen and oxygen atoms in total. The molecule has 1 aromatic carbocycles. The largest absolute Gasteiger partial charge is 0.440 e. The first kappa shape index (κ1) is 18.2. The summed E-state index contributed by atoms with van der Waals surface area (Å²) in [6.07, 6.45) is 4.55. The molecule has 1 saturated carbocycles. The van der Waals surface area contributed by atoms with Crippen LogP contribution in [0, 0.1) is 0 Å². The highest BCUT2D eigenvalue weighted by atomic mass is 35.5. The van der Waals surface area contributed by atoms with E-state index in [1.165, 1.54) is 11.8 Å². The van der Waals surface area contributed by atoms with Crippen LogP contribution in [0.2, 0.25) is 5.02 Å². The highest BCUT2D eigenvalue weighted by Gasteiger charge is 2.42. The molecule has 0 bridgehead atoms. The quantitative estimate of drug-likeness (QED) is 0.614. The van der Waals surface area contributed by atoms with E-state index in [-0.39, 0.29) is 5.95 Å². The molecule has 27 heavy (non-hydrogen) atoms. The first-order valence-corrected chi connectivity index (χ1v) is 9.85. The summed E-state index contributed by atoms with van der Waals surface area (Å²) in [5, 5.41) is 1.18. The van der Waals surface area contributed by atoms with Gasteiger partial charge in [-0.2, -0.15) is 9.97 Å². The lowest BCUT2D eigenvalue weighted by Gasteiger charge is -2.38. The third-order valence-corrected chi connectivity index (χ3v) is 5.65. The van der Waals surface area contributed by atoms with E-state index < -0.39 is 5.60 Å². The van der Waals surface area contributed by atoms with Crippen molar-refractivity contribution in [2.24, 2.45) is 0 Å². The number of thioether (sulfide) groups is 1. The molecule has 0 spiro atoms. The van der Waals surface area contributed by atoms with Gasteiger partial charge in [0.25, 0.3) is 0 Å². The fourth-order valence-electron chi connectivity index (χ4n) is 2.94. The maximum Gasteiger partial charge on any atom is 0.224 e. The second-order valence-corrected chi connectivity index (χ2v) is 7.65. The Bertz CT molecular complexity index is 955. The van der Waals surface area contributed by atoms with Crippen molar-refractivity contribution in [3.05, 3.63) is 47.2 Å². The van der Waals surface area contributed by atoms with E-state index in [0.717, 1.165) is 24.8 Å². The Morgan fingerprint density at radius 2 is 2.15 bits per heavy atom. The maximum absolute atomic E-state index is 6.03. The number of anilines is 1. The molecular formula is C18H18ClN5O2S. The van der Waals surface area contributed by atoms with Crippen molar-refractivity contribution in [1.82, 2.24) is 19.9 Å². The minimum absolute atomic E-state index is 0.192. The van der Waals surface area contributed by atoms with Gasteiger partial charge < -0.3 is 14.9 Å². The number of nitrogens with two attached hydrogens (primary N) is 1. The summed E-state index contributed by atoms with van der Waals surface area (Å²) in [5.74, 6) is 2.50. The SMILES string of the molecule is COC1(c2nc(N)nc(SCc3ncc(-c4cccc(Cl)c4)o3)n2)CCC1. The van der Waals surface area contributed by atoms with Crippen molar-refractivity contribution in [2.75, 3.05) is 12.8 Å². The summed E-state index contributed by atoms with van der Waals surface area (Å²) in [6.45, 7) is 0. The van der Waals surface area contributed by atoms with Gasteiger partial charge in [0.1, 0.15) is 5.60 Å². The van der Waals surface area contributed by atoms with Crippen molar-refractivity contribution < 1.29 is 9.15 Å². The smallest absolute Gasteiger partial charge is 0.224 e. The Kier molecular flexibility index (Phi) is 5.03. The van der Waals surface area contributed by atoms with Gasteiger partial charge in [-0.1, -0.05) is 35.5 Å². The summed E-state index contributed by atoms with van der Waals surface area (Å²) in [6, 6.07) is 7.44. The molecule has 140 valence electrons. The van der Waals surface area contributed by atoms with E-state index in [4.69, 9.17) is 26.5 Å². The lowest BCUT2D eigenvalue weighted by atomic mass is 9.79. The van der Waals surface area contributed by atoms with Gasteiger partial charge in [0, 0.05) is 17.7 Å². The normalized spacial score (nSPS) is 15.5. The number of halogens is 1. The van der Waals surface area contributed by atoms with Gasteiger partial charge in [0.05, 0.1) is 11.9 Å². The highest BCUT2D eigenvalue weighted by Crippen LogP contribution is 2.43. The first-order valence-electron chi connectivity index (χ1n) is 8.49. The lowest BCUT2D eigenvalue weighted by Crippen LogP contribution is -2.38. The molecule has 0 aliphatic heterocycles. The Morgan fingerprint density at radius 3 is 2.85 bits per heavy atom. The minimum Gasteiger partial charge on any atom is -0.440 e. The van der Waals surface area contributed by atoms with Crippen molar-refractivity contribution >= 4 is 29.3 Å². The number of nitrogen functional groups attached to an aromatic ring is 1. The van der Waals surface area contributed by atoms with Gasteiger partial charge in [-0.3, -0.25) is 0 Å². The molecule has 0 unspecified atom stereocenters. The molecule has 0 amide bonds. The minimum atomic E-state index is -0.435. The van der Waals surface area contributed by atoms with E-state index in [2.05, 4.69) is 19.9 Å². The van der Waals surface area contributed by atoms with E-state index in [0.29, 0.717) is 33.4 Å². The molecular weight excluding hydrogens is 386 g/mol. The van der Waals surface area contributed by atoms with Crippen molar-refractivity contribution in [3.8, 4) is 11.3 Å². The Balaban J connectivity index is 1.49. The zero-order chi connectivity index (χ0) is 18.9. The number of aromatic nitrogens is 4. The van der Waals surface area contributed by atoms with Gasteiger partial charge in [-0.05, 0) is 31.4 Å². The number of oxazole rings is 1. The van der Waals surface area contributed by atoms with Gasteiger partial charge in [0.15, 0.2) is 16.7 Å². The zero-order valence-electron chi connectivity index (χ0n) is 14.7. The Morgan fingerprint density at radius 1 is 1.30 bits per heavy atom. The predicted molar refractivity (Wildman–Crippen MR) is 103 cm³/mol. The van der Waals surface area contributed by atoms with Crippen LogP contribution in [0.4, 0.5) is 5.95 Å². The van der Waals surface area contributed by atoms with Gasteiger partial charge in [-0.15, -0.1) is 0 Å². The number of nitrogens with zero attached hydrogens (tertiary/aromatic N) is 4. The topological polar surface area (TPSA) is 100.0 Å². The third kappa shape index (κ3) is 3.78. The highest BCUT2D eigenvalue weighted by molar-refractivity contribution is 7.98. The molecule has 0 atom stereocenters. The second kappa shape index (κ2) is 7.46. The fourth-order valence-corrected chi connectivity index (χ4v) is 3.82. The average Bonchev–Trinajstić information content (AvgIpc) is 3.08. The third-order valence-electron chi connectivity index (χ3n) is 4.58. The average molecular weight is 404 g/mol. The van der Waals surface area contributed by atoms with E-state index in [1.807, 2.05) is 24.3 Å². The summed E-state index contributed by atoms with van der Waals surface area (Å²) in [4.78, 5) is 17.3. The second-order valence-electron chi connectivity index (χ2n) is 6.27. The molecule has 1 aliphatic rings. The number of hydrogen-bond acceptors (Lipinski definition) is 8. The summed E-state index contributed by atoms with van der Waals surface area (Å²) in [5.41, 5.74) is 6.31. The standard InChI is InChI=1S/C18H18ClN5O2S/c1-25-18(6-3-7-18)15-22-16(20)24-17(23-15)27-10-14-21-9-13(26-14)11-4-2-5-12(19)8-11/h2,4-5,8-9H,3,6-7,10H2,1H3,(H2,20,22,23,24). The van der Waals surface area contributed by atoms with Crippen molar-refractivity contribution in [3.63, 3.8) is 0 Å². The monoisotopic (exact) mass is 403 g/mol. The summed E-state index contributed by atoms with van der Waals surface area (Å²) < 4.78 is 11.4. The molecule has 0 saturated heterocycles. The summed E-state index contributed by atoms with van der Waals surface area (Å²) in [7, 11) is 1.68. The number of hydrogen-bond donors (Lipinski definition) is 1. The fraction of sp³-hybridized carbons (Fsp3) is 0.333. The van der Waals surface area contributed by atoms with Crippen LogP contribution >= 0.6 is 23.4 Å². The predicted octanol–water partition coefficient (Wildman–Crippen LogP) is 4.08. The number of ether oxygens (including phenoxy) is 1. The molecule has 0 radical (unpaired) electrons. The molecule has 9 heteroatoms. The van der Waals surface area contributed by atoms with E-state index in [9.17, 15) is 0 Å².